The summed E-state index contributed by atoms with van der Waals surface area (Å²) < 4.78 is 10.4. The van der Waals surface area contributed by atoms with E-state index in [2.05, 4.69) is 0 Å². The zero-order valence-electron chi connectivity index (χ0n) is 11.2. The van der Waals surface area contributed by atoms with Crippen molar-refractivity contribution < 1.29 is 19.4 Å². The first-order chi connectivity index (χ1) is 10.5. The molecule has 0 atom stereocenters. The van der Waals surface area contributed by atoms with Crippen LogP contribution in [0.5, 0.6) is 11.5 Å². The van der Waals surface area contributed by atoms with Gasteiger partial charge < -0.3 is 14.6 Å². The number of hydrogen-bond acceptors (Lipinski definition) is 4. The third kappa shape index (κ3) is 4.44. The van der Waals surface area contributed by atoms with Gasteiger partial charge in [-0.15, -0.1) is 0 Å². The maximum atomic E-state index is 11.8. The molecule has 2 aromatic carbocycles. The lowest BCUT2D eigenvalue weighted by atomic mass is 10.2. The molecule has 7 heteroatoms. The summed E-state index contributed by atoms with van der Waals surface area (Å²) in [5.41, 5.74) is 0.243. The first-order valence-corrected chi connectivity index (χ1v) is 7.34. The normalized spacial score (nSPS) is 10.3. The molecule has 0 saturated carbocycles. The largest absolute Gasteiger partial charge is 0.506 e. The molecular formula is C15H11Cl3O4. The summed E-state index contributed by atoms with van der Waals surface area (Å²) >= 11 is 17.4. The number of benzene rings is 2. The van der Waals surface area contributed by atoms with Crippen molar-refractivity contribution in [1.29, 1.82) is 0 Å². The lowest BCUT2D eigenvalue weighted by Gasteiger charge is -2.09. The van der Waals surface area contributed by atoms with Gasteiger partial charge in [-0.25, -0.2) is 4.79 Å². The van der Waals surface area contributed by atoms with Crippen molar-refractivity contribution in [2.45, 2.75) is 0 Å². The highest BCUT2D eigenvalue weighted by Crippen LogP contribution is 2.27. The molecule has 4 nitrogen and oxygen atoms in total. The van der Waals surface area contributed by atoms with Crippen molar-refractivity contribution in [1.82, 2.24) is 0 Å². The fourth-order valence-corrected chi connectivity index (χ4v) is 2.24. The van der Waals surface area contributed by atoms with Crippen molar-refractivity contribution >= 4 is 40.8 Å². The number of esters is 1. The van der Waals surface area contributed by atoms with E-state index < -0.39 is 5.97 Å². The molecule has 2 rings (SSSR count). The highest BCUT2D eigenvalue weighted by atomic mass is 35.5. The minimum Gasteiger partial charge on any atom is -0.506 e. The Morgan fingerprint density at radius 3 is 2.45 bits per heavy atom. The van der Waals surface area contributed by atoms with Crippen LogP contribution < -0.4 is 4.74 Å². The molecule has 116 valence electrons. The van der Waals surface area contributed by atoms with Gasteiger partial charge in [0.1, 0.15) is 24.7 Å². The topological polar surface area (TPSA) is 55.8 Å². The van der Waals surface area contributed by atoms with Crippen LogP contribution in [-0.4, -0.2) is 24.3 Å². The highest BCUT2D eigenvalue weighted by Gasteiger charge is 2.10. The molecule has 0 amide bonds. The number of carbonyl (C=O) groups is 1. The maximum absolute atomic E-state index is 11.8. The van der Waals surface area contributed by atoms with Crippen LogP contribution in [0.3, 0.4) is 0 Å². The Labute approximate surface area is 142 Å². The van der Waals surface area contributed by atoms with Crippen LogP contribution in [-0.2, 0) is 4.74 Å². The van der Waals surface area contributed by atoms with Gasteiger partial charge in [-0.3, -0.25) is 0 Å². The average Bonchev–Trinajstić information content (AvgIpc) is 2.48. The van der Waals surface area contributed by atoms with E-state index >= 15 is 0 Å². The standard InChI is InChI=1S/C15H11Cl3O4/c16-10-2-4-14(12(18)8-10)21-5-6-22-15(20)9-1-3-13(19)11(17)7-9/h1-4,7-8,19H,5-6H2. The monoisotopic (exact) mass is 360 g/mol. The lowest BCUT2D eigenvalue weighted by Crippen LogP contribution is -2.12. The Kier molecular flexibility index (Phi) is 5.77. The van der Waals surface area contributed by atoms with E-state index in [0.29, 0.717) is 15.8 Å². The second kappa shape index (κ2) is 7.58. The van der Waals surface area contributed by atoms with Crippen LogP contribution in [0.15, 0.2) is 36.4 Å². The molecule has 0 heterocycles. The fraction of sp³-hybridized carbons (Fsp3) is 0.133. The molecule has 0 aliphatic rings. The lowest BCUT2D eigenvalue weighted by molar-refractivity contribution is 0.0450. The van der Waals surface area contributed by atoms with Crippen LogP contribution in [0.25, 0.3) is 0 Å². The molecule has 22 heavy (non-hydrogen) atoms. The van der Waals surface area contributed by atoms with Crippen LogP contribution in [0.2, 0.25) is 15.1 Å². The van der Waals surface area contributed by atoms with Gasteiger partial charge in [-0.2, -0.15) is 0 Å². The summed E-state index contributed by atoms with van der Waals surface area (Å²) in [6, 6.07) is 8.90. The van der Waals surface area contributed by atoms with E-state index in [9.17, 15) is 9.90 Å². The predicted molar refractivity (Wildman–Crippen MR) is 85.4 cm³/mol. The molecule has 0 saturated heterocycles. The first kappa shape index (κ1) is 16.7. The number of halogens is 3. The second-order valence-corrected chi connectivity index (χ2v) is 5.48. The van der Waals surface area contributed by atoms with Gasteiger partial charge in [0.05, 0.1) is 15.6 Å². The molecule has 0 aliphatic carbocycles. The fourth-order valence-electron chi connectivity index (χ4n) is 1.60. The van der Waals surface area contributed by atoms with Crippen molar-refractivity contribution in [3.63, 3.8) is 0 Å². The van der Waals surface area contributed by atoms with E-state index in [1.54, 1.807) is 18.2 Å². The third-order valence-electron chi connectivity index (χ3n) is 2.65. The van der Waals surface area contributed by atoms with E-state index in [-0.39, 0.29) is 29.5 Å². The van der Waals surface area contributed by atoms with Crippen molar-refractivity contribution in [2.24, 2.45) is 0 Å². The number of phenolic OH excluding ortho intramolecular Hbond substituents is 1. The second-order valence-electron chi connectivity index (χ2n) is 4.23. The van der Waals surface area contributed by atoms with E-state index in [4.69, 9.17) is 44.3 Å². The molecule has 0 fully saturated rings. The zero-order chi connectivity index (χ0) is 16.1. The van der Waals surface area contributed by atoms with Crippen molar-refractivity contribution in [2.75, 3.05) is 13.2 Å². The number of ether oxygens (including phenoxy) is 2. The molecule has 0 aliphatic heterocycles. The van der Waals surface area contributed by atoms with Crippen LogP contribution in [0.4, 0.5) is 0 Å². The molecule has 0 bridgehead atoms. The Morgan fingerprint density at radius 1 is 1.00 bits per heavy atom. The van der Waals surface area contributed by atoms with Crippen LogP contribution in [0.1, 0.15) is 10.4 Å². The van der Waals surface area contributed by atoms with Gasteiger partial charge in [-0.05, 0) is 36.4 Å². The SMILES string of the molecule is O=C(OCCOc1ccc(Cl)cc1Cl)c1ccc(O)c(Cl)c1. The molecule has 0 unspecified atom stereocenters. The van der Waals surface area contributed by atoms with Gasteiger partial charge in [0.15, 0.2) is 0 Å². The minimum atomic E-state index is -0.562. The number of phenols is 1. The Hall–Kier alpha value is -1.62. The zero-order valence-corrected chi connectivity index (χ0v) is 13.5. The predicted octanol–water partition coefficient (Wildman–Crippen LogP) is 4.59. The smallest absolute Gasteiger partial charge is 0.338 e. The first-order valence-electron chi connectivity index (χ1n) is 6.21. The summed E-state index contributed by atoms with van der Waals surface area (Å²) in [5, 5.41) is 10.3. The molecule has 1 N–H and O–H groups in total. The summed E-state index contributed by atoms with van der Waals surface area (Å²) in [6.45, 7) is 0.176. The minimum absolute atomic E-state index is 0.0380. The van der Waals surface area contributed by atoms with Gasteiger partial charge in [0.25, 0.3) is 0 Å². The van der Waals surface area contributed by atoms with E-state index in [1.165, 1.54) is 18.2 Å². The van der Waals surface area contributed by atoms with Gasteiger partial charge >= 0.3 is 5.97 Å². The summed E-state index contributed by atoms with van der Waals surface area (Å²) in [7, 11) is 0. The highest BCUT2D eigenvalue weighted by molar-refractivity contribution is 6.35. The Bertz CT molecular complexity index is 688. The van der Waals surface area contributed by atoms with E-state index in [1.807, 2.05) is 0 Å². The number of carbonyl (C=O) groups excluding carboxylic acids is 1. The third-order valence-corrected chi connectivity index (χ3v) is 3.48. The molecular weight excluding hydrogens is 351 g/mol. The van der Waals surface area contributed by atoms with Gasteiger partial charge in [0, 0.05) is 5.02 Å². The Morgan fingerprint density at radius 2 is 1.77 bits per heavy atom. The number of rotatable bonds is 5. The summed E-state index contributed by atoms with van der Waals surface area (Å²) in [5.74, 6) is -0.207. The summed E-state index contributed by atoms with van der Waals surface area (Å²) in [6.07, 6.45) is 0. The Balaban J connectivity index is 1.83. The summed E-state index contributed by atoms with van der Waals surface area (Å²) in [4.78, 5) is 11.8. The van der Waals surface area contributed by atoms with Gasteiger partial charge in [0.2, 0.25) is 0 Å². The molecule has 0 spiro atoms. The maximum Gasteiger partial charge on any atom is 0.338 e. The quantitative estimate of drug-likeness (QED) is 0.625. The average molecular weight is 362 g/mol. The molecule has 0 radical (unpaired) electrons. The molecule has 2 aromatic rings. The van der Waals surface area contributed by atoms with Crippen molar-refractivity contribution in [3.05, 3.63) is 57.0 Å². The van der Waals surface area contributed by atoms with Crippen LogP contribution >= 0.6 is 34.8 Å². The number of aromatic hydroxyl groups is 1. The van der Waals surface area contributed by atoms with Crippen LogP contribution in [0, 0.1) is 0 Å². The number of hydrogen-bond donors (Lipinski definition) is 1. The van der Waals surface area contributed by atoms with E-state index in [0.717, 1.165) is 0 Å². The molecule has 0 aromatic heterocycles. The van der Waals surface area contributed by atoms with Crippen molar-refractivity contribution in [3.8, 4) is 11.5 Å². The van der Waals surface area contributed by atoms with Gasteiger partial charge in [-0.1, -0.05) is 34.8 Å².